The molecule has 0 heterocycles. The molecule has 4 nitrogen and oxygen atoms in total. The molecular weight excluding hydrogens is 194 g/mol. The van der Waals surface area contributed by atoms with Crippen molar-refractivity contribution >= 4 is 5.91 Å². The molecule has 90 valence electrons. The summed E-state index contributed by atoms with van der Waals surface area (Å²) in [6.07, 6.45) is 4.83. The van der Waals surface area contributed by atoms with Gasteiger partial charge in [-0.3, -0.25) is 9.63 Å². The Hall–Kier alpha value is -0.610. The molecule has 0 aromatic rings. The van der Waals surface area contributed by atoms with E-state index in [1.165, 1.54) is 12.2 Å². The molecule has 0 spiro atoms. The Morgan fingerprint density at radius 1 is 1.40 bits per heavy atom. The van der Waals surface area contributed by atoms with E-state index in [-0.39, 0.29) is 12.0 Å². The monoisotopic (exact) mass is 217 g/mol. The highest BCUT2D eigenvalue weighted by Crippen LogP contribution is 2.08. The van der Waals surface area contributed by atoms with Crippen LogP contribution in [0.2, 0.25) is 0 Å². The van der Waals surface area contributed by atoms with E-state index >= 15 is 0 Å². The minimum Gasteiger partial charge on any atom is -0.393 e. The van der Waals surface area contributed by atoms with Crippen LogP contribution in [0.4, 0.5) is 0 Å². The lowest BCUT2D eigenvalue weighted by Gasteiger charge is -2.13. The number of unbranched alkanes of at least 4 members (excludes halogenated alkanes) is 2. The van der Waals surface area contributed by atoms with Crippen molar-refractivity contribution in [1.82, 2.24) is 5.06 Å². The predicted molar refractivity (Wildman–Crippen MR) is 59.2 cm³/mol. The summed E-state index contributed by atoms with van der Waals surface area (Å²) in [5, 5.41) is 10.5. The fraction of sp³-hybridized carbons (Fsp3) is 0.909. The minimum atomic E-state index is -0.178. The Balaban J connectivity index is 3.35. The summed E-state index contributed by atoms with van der Waals surface area (Å²) in [4.78, 5) is 16.0. The van der Waals surface area contributed by atoms with E-state index in [2.05, 4.69) is 0 Å². The predicted octanol–water partition coefficient (Wildman–Crippen LogP) is 1.73. The molecule has 0 saturated heterocycles. The quantitative estimate of drug-likeness (QED) is 0.497. The molecular formula is C11H23NO3. The average molecular weight is 217 g/mol. The van der Waals surface area contributed by atoms with Gasteiger partial charge in [-0.25, -0.2) is 5.06 Å². The molecule has 1 atom stereocenters. The van der Waals surface area contributed by atoms with Gasteiger partial charge in [-0.05, 0) is 19.3 Å². The van der Waals surface area contributed by atoms with Crippen molar-refractivity contribution in [2.45, 2.75) is 51.6 Å². The number of amides is 1. The number of hydrogen-bond acceptors (Lipinski definition) is 3. The summed E-state index contributed by atoms with van der Waals surface area (Å²) >= 11 is 0. The van der Waals surface area contributed by atoms with Gasteiger partial charge in [0, 0.05) is 13.5 Å². The molecule has 0 aliphatic heterocycles. The molecule has 1 N–H and O–H groups in total. The Bertz CT molecular complexity index is 173. The third-order valence-corrected chi connectivity index (χ3v) is 2.52. The summed E-state index contributed by atoms with van der Waals surface area (Å²) in [7, 11) is 3.10. The second kappa shape index (κ2) is 8.68. The van der Waals surface area contributed by atoms with Gasteiger partial charge in [-0.2, -0.15) is 0 Å². The molecule has 0 saturated carbocycles. The lowest BCUT2D eigenvalue weighted by molar-refractivity contribution is -0.168. The average Bonchev–Trinajstić information content (AvgIpc) is 2.26. The van der Waals surface area contributed by atoms with E-state index in [4.69, 9.17) is 4.84 Å². The highest BCUT2D eigenvalue weighted by molar-refractivity contribution is 5.74. The van der Waals surface area contributed by atoms with Crippen molar-refractivity contribution < 1.29 is 14.7 Å². The maximum absolute atomic E-state index is 11.3. The van der Waals surface area contributed by atoms with Gasteiger partial charge in [0.2, 0.25) is 5.91 Å². The molecule has 0 aliphatic carbocycles. The number of nitrogens with zero attached hydrogens (tertiary/aromatic N) is 1. The number of hydroxylamine groups is 2. The van der Waals surface area contributed by atoms with Crippen molar-refractivity contribution in [2.24, 2.45) is 0 Å². The van der Waals surface area contributed by atoms with E-state index in [0.717, 1.165) is 32.1 Å². The highest BCUT2D eigenvalue weighted by Gasteiger charge is 2.07. The van der Waals surface area contributed by atoms with Gasteiger partial charge in [0.15, 0.2) is 0 Å². The standard InChI is InChI=1S/C11H23NO3/c1-4-10(13)8-6-5-7-9-11(14)12(2)15-3/h10,13H,4-9H2,1-3H3/t10-/m0/s1. The van der Waals surface area contributed by atoms with Crippen molar-refractivity contribution in [3.8, 4) is 0 Å². The first-order chi connectivity index (χ1) is 7.11. The maximum Gasteiger partial charge on any atom is 0.245 e. The van der Waals surface area contributed by atoms with Crippen LogP contribution in [0, 0.1) is 0 Å². The number of rotatable bonds is 8. The number of aliphatic hydroxyl groups excluding tert-OH is 1. The van der Waals surface area contributed by atoms with Crippen LogP contribution in [0.15, 0.2) is 0 Å². The summed E-state index contributed by atoms with van der Waals surface area (Å²) in [5.74, 6) is 0.00791. The number of carbonyl (C=O) groups excluding carboxylic acids is 1. The van der Waals surface area contributed by atoms with Gasteiger partial charge in [0.05, 0.1) is 13.2 Å². The fourth-order valence-electron chi connectivity index (χ4n) is 1.30. The first-order valence-corrected chi connectivity index (χ1v) is 5.60. The first-order valence-electron chi connectivity index (χ1n) is 5.60. The third kappa shape index (κ3) is 7.33. The Kier molecular flexibility index (Phi) is 8.33. The molecule has 0 aliphatic rings. The highest BCUT2D eigenvalue weighted by atomic mass is 16.7. The van der Waals surface area contributed by atoms with Gasteiger partial charge in [-0.1, -0.05) is 19.8 Å². The zero-order valence-corrected chi connectivity index (χ0v) is 10.0. The second-order valence-corrected chi connectivity index (χ2v) is 3.74. The van der Waals surface area contributed by atoms with Crippen LogP contribution in [0.25, 0.3) is 0 Å². The molecule has 0 rings (SSSR count). The molecule has 0 fully saturated rings. The van der Waals surface area contributed by atoms with Crippen LogP contribution in [-0.2, 0) is 9.63 Å². The molecule has 0 aromatic heterocycles. The third-order valence-electron chi connectivity index (χ3n) is 2.52. The van der Waals surface area contributed by atoms with Crippen molar-refractivity contribution in [1.29, 1.82) is 0 Å². The minimum absolute atomic E-state index is 0.00791. The van der Waals surface area contributed by atoms with Gasteiger partial charge in [-0.15, -0.1) is 0 Å². The van der Waals surface area contributed by atoms with E-state index in [0.29, 0.717) is 6.42 Å². The zero-order chi connectivity index (χ0) is 11.7. The molecule has 0 aromatic carbocycles. The Morgan fingerprint density at radius 2 is 2.07 bits per heavy atom. The number of carbonyl (C=O) groups is 1. The maximum atomic E-state index is 11.3. The van der Waals surface area contributed by atoms with Crippen LogP contribution in [0.3, 0.4) is 0 Å². The van der Waals surface area contributed by atoms with Crippen LogP contribution in [0.5, 0.6) is 0 Å². The number of hydrogen-bond donors (Lipinski definition) is 1. The lowest BCUT2D eigenvalue weighted by Crippen LogP contribution is -2.24. The summed E-state index contributed by atoms with van der Waals surface area (Å²) in [6.45, 7) is 1.97. The SMILES string of the molecule is CC[C@H](O)CCCCCC(=O)N(C)OC. The lowest BCUT2D eigenvalue weighted by atomic mass is 10.1. The van der Waals surface area contributed by atoms with Crippen molar-refractivity contribution in [2.75, 3.05) is 14.2 Å². The molecule has 0 unspecified atom stereocenters. The Morgan fingerprint density at radius 3 is 2.60 bits per heavy atom. The van der Waals surface area contributed by atoms with Crippen LogP contribution < -0.4 is 0 Å². The molecule has 1 amide bonds. The summed E-state index contributed by atoms with van der Waals surface area (Å²) < 4.78 is 0. The molecule has 15 heavy (non-hydrogen) atoms. The van der Waals surface area contributed by atoms with Gasteiger partial charge >= 0.3 is 0 Å². The van der Waals surface area contributed by atoms with Crippen LogP contribution in [0.1, 0.15) is 45.4 Å². The van der Waals surface area contributed by atoms with Crippen LogP contribution >= 0.6 is 0 Å². The van der Waals surface area contributed by atoms with Crippen molar-refractivity contribution in [3.63, 3.8) is 0 Å². The largest absolute Gasteiger partial charge is 0.393 e. The smallest absolute Gasteiger partial charge is 0.245 e. The summed E-state index contributed by atoms with van der Waals surface area (Å²) in [6, 6.07) is 0. The normalized spacial score (nSPS) is 12.5. The first kappa shape index (κ1) is 14.4. The molecule has 0 bridgehead atoms. The van der Waals surface area contributed by atoms with E-state index in [1.807, 2.05) is 6.92 Å². The zero-order valence-electron chi connectivity index (χ0n) is 10.0. The molecule has 0 radical (unpaired) electrons. The van der Waals surface area contributed by atoms with E-state index in [9.17, 15) is 9.90 Å². The van der Waals surface area contributed by atoms with Crippen molar-refractivity contribution in [3.05, 3.63) is 0 Å². The molecule has 4 heteroatoms. The van der Waals surface area contributed by atoms with E-state index < -0.39 is 0 Å². The van der Waals surface area contributed by atoms with E-state index in [1.54, 1.807) is 7.05 Å². The van der Waals surface area contributed by atoms with Crippen LogP contribution in [-0.4, -0.2) is 36.3 Å². The Labute approximate surface area is 92.2 Å². The van der Waals surface area contributed by atoms with Gasteiger partial charge in [0.25, 0.3) is 0 Å². The van der Waals surface area contributed by atoms with Gasteiger partial charge in [0.1, 0.15) is 0 Å². The topological polar surface area (TPSA) is 49.8 Å². The number of aliphatic hydroxyl groups is 1. The fourth-order valence-corrected chi connectivity index (χ4v) is 1.30. The second-order valence-electron chi connectivity index (χ2n) is 3.74. The summed E-state index contributed by atoms with van der Waals surface area (Å²) in [5.41, 5.74) is 0. The van der Waals surface area contributed by atoms with Gasteiger partial charge < -0.3 is 5.11 Å².